The van der Waals surface area contributed by atoms with Crippen molar-refractivity contribution < 1.29 is 4.39 Å². The highest BCUT2D eigenvalue weighted by molar-refractivity contribution is 5.64. The Morgan fingerprint density at radius 3 is 2.45 bits per heavy atom. The van der Waals surface area contributed by atoms with Gasteiger partial charge in [0, 0.05) is 60.3 Å². The molecule has 2 aromatic heterocycles. The topological polar surface area (TPSA) is 74.1 Å². The van der Waals surface area contributed by atoms with E-state index >= 15 is 0 Å². The van der Waals surface area contributed by atoms with Gasteiger partial charge in [0.15, 0.2) is 0 Å². The molecule has 4 heterocycles. The van der Waals surface area contributed by atoms with E-state index in [9.17, 15) is 4.39 Å². The highest BCUT2D eigenvalue weighted by Crippen LogP contribution is 2.34. The van der Waals surface area contributed by atoms with Crippen LogP contribution in [0.25, 0.3) is 11.3 Å². The number of halogens is 1. The third-order valence-electron chi connectivity index (χ3n) is 6.19. The van der Waals surface area contributed by atoms with Crippen LogP contribution >= 0.6 is 0 Å². The van der Waals surface area contributed by atoms with E-state index in [0.29, 0.717) is 17.6 Å². The van der Waals surface area contributed by atoms with Crippen LogP contribution in [0.4, 0.5) is 15.9 Å². The van der Waals surface area contributed by atoms with Gasteiger partial charge in [-0.15, -0.1) is 0 Å². The van der Waals surface area contributed by atoms with Gasteiger partial charge >= 0.3 is 0 Å². The molecule has 7 heteroatoms. The molecule has 6 nitrogen and oxygen atoms in total. The molecule has 2 bridgehead atoms. The van der Waals surface area contributed by atoms with Crippen molar-refractivity contribution in [2.24, 2.45) is 0 Å². The first-order chi connectivity index (χ1) is 14.2. The van der Waals surface area contributed by atoms with Gasteiger partial charge in [0.25, 0.3) is 0 Å². The zero-order valence-corrected chi connectivity index (χ0v) is 16.3. The summed E-state index contributed by atoms with van der Waals surface area (Å²) in [4.78, 5) is 9.43. The summed E-state index contributed by atoms with van der Waals surface area (Å²) in [6, 6.07) is 12.7. The molecule has 3 aromatic rings. The number of fused-ring (bicyclic) bond motifs is 2. The molecule has 2 fully saturated rings. The van der Waals surface area contributed by atoms with Crippen LogP contribution in [0.2, 0.25) is 0 Å². The Hall–Kier alpha value is -2.93. The van der Waals surface area contributed by atoms with Gasteiger partial charge in [0.05, 0.1) is 11.9 Å². The van der Waals surface area contributed by atoms with Gasteiger partial charge in [-0.1, -0.05) is 18.2 Å². The summed E-state index contributed by atoms with van der Waals surface area (Å²) < 4.78 is 12.8. The predicted octanol–water partition coefficient (Wildman–Crippen LogP) is 3.38. The number of nitrogen functional groups attached to an aromatic ring is 1. The van der Waals surface area contributed by atoms with Crippen LogP contribution in [0.5, 0.6) is 0 Å². The van der Waals surface area contributed by atoms with E-state index in [-0.39, 0.29) is 0 Å². The van der Waals surface area contributed by atoms with Crippen LogP contribution < -0.4 is 10.6 Å². The molecule has 0 amide bonds. The number of nitrogens with one attached hydrogen (secondary N) is 1. The Balaban J connectivity index is 1.32. The maximum absolute atomic E-state index is 12.8. The lowest BCUT2D eigenvalue weighted by Crippen LogP contribution is -2.53. The van der Waals surface area contributed by atoms with Crippen LogP contribution in [0.15, 0.2) is 48.8 Å². The molecule has 2 aliphatic heterocycles. The molecule has 0 saturated carbocycles. The first-order valence-corrected chi connectivity index (χ1v) is 10.1. The average molecular weight is 392 g/mol. The first kappa shape index (κ1) is 18.1. The number of alkyl halides is 1. The number of aromatic amines is 1. The SMILES string of the molecule is Nc1ccc(-c2[nH]ncc2CN2C3CCC2CN(c2ccc(CF)cn2)C3)cc1. The van der Waals surface area contributed by atoms with Gasteiger partial charge in [0.2, 0.25) is 0 Å². The molecular weight excluding hydrogens is 367 g/mol. The van der Waals surface area contributed by atoms with Crippen LogP contribution in [-0.2, 0) is 13.2 Å². The number of rotatable bonds is 5. The minimum atomic E-state index is -0.465. The Bertz CT molecular complexity index is 954. The van der Waals surface area contributed by atoms with E-state index < -0.39 is 6.67 Å². The monoisotopic (exact) mass is 392 g/mol. The molecule has 29 heavy (non-hydrogen) atoms. The lowest BCUT2D eigenvalue weighted by molar-refractivity contribution is 0.160. The van der Waals surface area contributed by atoms with E-state index in [0.717, 1.165) is 42.4 Å². The Morgan fingerprint density at radius 2 is 1.79 bits per heavy atom. The van der Waals surface area contributed by atoms with Crippen LogP contribution in [0.3, 0.4) is 0 Å². The quantitative estimate of drug-likeness (QED) is 0.651. The average Bonchev–Trinajstić information content (AvgIpc) is 3.30. The number of hydrogen-bond donors (Lipinski definition) is 2. The lowest BCUT2D eigenvalue weighted by atomic mass is 10.1. The molecule has 0 aliphatic carbocycles. The fourth-order valence-electron chi connectivity index (χ4n) is 4.65. The maximum atomic E-state index is 12.8. The second-order valence-corrected chi connectivity index (χ2v) is 8.01. The number of pyridine rings is 1. The third kappa shape index (κ3) is 3.46. The van der Waals surface area contributed by atoms with E-state index in [1.807, 2.05) is 42.6 Å². The van der Waals surface area contributed by atoms with Crippen LogP contribution in [0, 0.1) is 0 Å². The summed E-state index contributed by atoms with van der Waals surface area (Å²) >= 11 is 0. The van der Waals surface area contributed by atoms with E-state index in [2.05, 4.69) is 25.0 Å². The molecule has 0 radical (unpaired) electrons. The van der Waals surface area contributed by atoms with Gasteiger partial charge in [-0.3, -0.25) is 10.00 Å². The molecule has 2 saturated heterocycles. The Morgan fingerprint density at radius 1 is 1.03 bits per heavy atom. The minimum absolute atomic E-state index is 0.465. The number of anilines is 2. The van der Waals surface area contributed by atoms with Gasteiger partial charge in [-0.05, 0) is 31.0 Å². The normalized spacial score (nSPS) is 21.6. The van der Waals surface area contributed by atoms with Crippen molar-refractivity contribution in [1.29, 1.82) is 0 Å². The van der Waals surface area contributed by atoms with Crippen molar-refractivity contribution in [3.05, 3.63) is 59.9 Å². The molecule has 2 unspecified atom stereocenters. The zero-order chi connectivity index (χ0) is 19.8. The molecule has 0 spiro atoms. The van der Waals surface area contributed by atoms with Crippen molar-refractivity contribution in [2.45, 2.75) is 38.1 Å². The Kier molecular flexibility index (Phi) is 4.67. The smallest absolute Gasteiger partial charge is 0.128 e. The van der Waals surface area contributed by atoms with Crippen LogP contribution in [0.1, 0.15) is 24.0 Å². The number of piperazine rings is 1. The van der Waals surface area contributed by atoms with Crippen molar-refractivity contribution >= 4 is 11.5 Å². The van der Waals surface area contributed by atoms with Crippen molar-refractivity contribution in [2.75, 3.05) is 23.7 Å². The zero-order valence-electron chi connectivity index (χ0n) is 16.3. The summed E-state index contributed by atoms with van der Waals surface area (Å²) in [5, 5.41) is 7.46. The molecule has 3 N–H and O–H groups in total. The summed E-state index contributed by atoms with van der Waals surface area (Å²) in [6.07, 6.45) is 5.97. The van der Waals surface area contributed by atoms with Gasteiger partial charge < -0.3 is 10.6 Å². The highest BCUT2D eigenvalue weighted by atomic mass is 19.1. The number of nitrogens with zero attached hydrogens (tertiary/aromatic N) is 4. The minimum Gasteiger partial charge on any atom is -0.399 e. The molecule has 1 aromatic carbocycles. The molecule has 2 atom stereocenters. The molecule has 5 rings (SSSR count). The fourth-order valence-corrected chi connectivity index (χ4v) is 4.65. The first-order valence-electron chi connectivity index (χ1n) is 10.1. The molecule has 150 valence electrons. The number of benzene rings is 1. The van der Waals surface area contributed by atoms with Gasteiger partial charge in [0.1, 0.15) is 12.5 Å². The summed E-state index contributed by atoms with van der Waals surface area (Å²) in [7, 11) is 0. The van der Waals surface area contributed by atoms with Gasteiger partial charge in [-0.25, -0.2) is 9.37 Å². The number of aromatic nitrogens is 3. The number of H-pyrrole nitrogens is 1. The second-order valence-electron chi connectivity index (χ2n) is 8.01. The number of nitrogens with two attached hydrogens (primary N) is 1. The van der Waals surface area contributed by atoms with Crippen LogP contribution in [-0.4, -0.2) is 45.3 Å². The second kappa shape index (κ2) is 7.48. The summed E-state index contributed by atoms with van der Waals surface area (Å²) in [5.41, 5.74) is 10.6. The van der Waals surface area contributed by atoms with Crippen molar-refractivity contribution in [3.63, 3.8) is 0 Å². The van der Waals surface area contributed by atoms with Gasteiger partial charge in [-0.2, -0.15) is 5.10 Å². The highest BCUT2D eigenvalue weighted by Gasteiger charge is 2.40. The van der Waals surface area contributed by atoms with E-state index in [1.165, 1.54) is 18.4 Å². The van der Waals surface area contributed by atoms with Crippen molar-refractivity contribution in [1.82, 2.24) is 20.1 Å². The summed E-state index contributed by atoms with van der Waals surface area (Å²) in [5.74, 6) is 0.949. The van der Waals surface area contributed by atoms with E-state index in [1.54, 1.807) is 6.20 Å². The third-order valence-corrected chi connectivity index (χ3v) is 6.19. The standard InChI is InChI=1S/C22H25FN6/c23-9-15-1-8-21(25-10-15)28-13-19-6-7-20(14-28)29(19)12-17-11-26-27-22(17)16-2-4-18(24)5-3-16/h1-5,8,10-11,19-20H,6-7,9,12-14,24H2,(H,26,27). The Labute approximate surface area is 169 Å². The predicted molar refractivity (Wildman–Crippen MR) is 112 cm³/mol. The summed E-state index contributed by atoms with van der Waals surface area (Å²) in [6.45, 7) is 2.32. The molecule has 2 aliphatic rings. The number of hydrogen-bond acceptors (Lipinski definition) is 5. The fraction of sp³-hybridized carbons (Fsp3) is 0.364. The largest absolute Gasteiger partial charge is 0.399 e. The molecular formula is C22H25FN6. The maximum Gasteiger partial charge on any atom is 0.128 e. The van der Waals surface area contributed by atoms with Crippen molar-refractivity contribution in [3.8, 4) is 11.3 Å². The van der Waals surface area contributed by atoms with E-state index in [4.69, 9.17) is 5.73 Å². The lowest BCUT2D eigenvalue weighted by Gasteiger charge is -2.41.